The van der Waals surface area contributed by atoms with Crippen molar-refractivity contribution < 1.29 is 37.1 Å². The summed E-state index contributed by atoms with van der Waals surface area (Å²) in [5, 5.41) is 0. The summed E-state index contributed by atoms with van der Waals surface area (Å²) >= 11 is 0. The third-order valence-electron chi connectivity index (χ3n) is 0.985. The van der Waals surface area contributed by atoms with Gasteiger partial charge in [0.1, 0.15) is 0 Å². The zero-order valence-electron chi connectivity index (χ0n) is 5.50. The van der Waals surface area contributed by atoms with E-state index in [9.17, 15) is 0 Å². The fraction of sp³-hybridized carbons (Fsp3) is 0.286. The standard InChI is InChI=1S/C7H9O.Y/c1-2-4-7-5-3-6-8-7;/h2-3,5-6H,4H2,1H3;/q-1;+3. The summed E-state index contributed by atoms with van der Waals surface area (Å²) in [6.45, 7) is 2.02. The van der Waals surface area contributed by atoms with Gasteiger partial charge in [-0.05, 0) is 12.1 Å². The van der Waals surface area contributed by atoms with Crippen LogP contribution in [-0.2, 0) is 39.1 Å². The molecule has 1 heterocycles. The summed E-state index contributed by atoms with van der Waals surface area (Å²) in [5.41, 5.74) is 0. The molecule has 2 heteroatoms. The topological polar surface area (TPSA) is 13.1 Å². The molecule has 0 saturated carbocycles. The molecule has 0 aliphatic carbocycles. The van der Waals surface area contributed by atoms with Gasteiger partial charge in [0.05, 0.1) is 12.0 Å². The van der Waals surface area contributed by atoms with Crippen molar-refractivity contribution in [3.8, 4) is 0 Å². The second kappa shape index (κ2) is 5.19. The van der Waals surface area contributed by atoms with E-state index in [-0.39, 0.29) is 32.7 Å². The Bertz CT molecular complexity index is 135. The second-order valence-corrected chi connectivity index (χ2v) is 1.69. The molecule has 0 atom stereocenters. The fourth-order valence-electron chi connectivity index (χ4n) is 0.630. The van der Waals surface area contributed by atoms with Crippen LogP contribution in [-0.4, -0.2) is 0 Å². The van der Waals surface area contributed by atoms with Crippen LogP contribution >= 0.6 is 0 Å². The molecule has 1 nitrogen and oxygen atoms in total. The van der Waals surface area contributed by atoms with Crippen LogP contribution in [0.2, 0.25) is 0 Å². The summed E-state index contributed by atoms with van der Waals surface area (Å²) in [6, 6.07) is 3.87. The van der Waals surface area contributed by atoms with Crippen molar-refractivity contribution in [2.24, 2.45) is 0 Å². The average Bonchev–Trinajstić information content (AvgIpc) is 2.19. The molecule has 0 amide bonds. The summed E-state index contributed by atoms with van der Waals surface area (Å²) in [6.07, 6.45) is 4.70. The Morgan fingerprint density at radius 1 is 1.67 bits per heavy atom. The fourth-order valence-corrected chi connectivity index (χ4v) is 0.630. The van der Waals surface area contributed by atoms with E-state index < -0.39 is 0 Å². The molecule has 1 aromatic rings. The van der Waals surface area contributed by atoms with Gasteiger partial charge in [-0.3, -0.25) is 0 Å². The first-order chi connectivity index (χ1) is 3.93. The minimum Gasteiger partial charge on any atom is -0.472 e. The number of hydrogen-bond acceptors (Lipinski definition) is 1. The molecule has 0 radical (unpaired) electrons. The van der Waals surface area contributed by atoms with Crippen molar-refractivity contribution in [3.63, 3.8) is 0 Å². The first-order valence-corrected chi connectivity index (χ1v) is 2.73. The van der Waals surface area contributed by atoms with Crippen molar-refractivity contribution in [2.45, 2.75) is 13.3 Å². The third kappa shape index (κ3) is 3.17. The van der Waals surface area contributed by atoms with E-state index in [0.29, 0.717) is 0 Å². The van der Waals surface area contributed by atoms with Crippen LogP contribution < -0.4 is 0 Å². The van der Waals surface area contributed by atoms with Gasteiger partial charge in [-0.25, -0.2) is 0 Å². The molecule has 0 aliphatic heterocycles. The third-order valence-corrected chi connectivity index (χ3v) is 0.985. The van der Waals surface area contributed by atoms with E-state index in [0.717, 1.165) is 12.2 Å². The second-order valence-electron chi connectivity index (χ2n) is 1.69. The zero-order chi connectivity index (χ0) is 5.82. The molecule has 0 spiro atoms. The smallest absolute Gasteiger partial charge is 0.472 e. The molecule has 0 fully saturated rings. The maximum absolute atomic E-state index is 5.04. The predicted molar refractivity (Wildman–Crippen MR) is 32.4 cm³/mol. The monoisotopic (exact) mass is 198 g/mol. The summed E-state index contributed by atoms with van der Waals surface area (Å²) in [7, 11) is 0. The van der Waals surface area contributed by atoms with Gasteiger partial charge in [0.2, 0.25) is 0 Å². The van der Waals surface area contributed by atoms with E-state index >= 15 is 0 Å². The van der Waals surface area contributed by atoms with Crippen molar-refractivity contribution in [1.82, 2.24) is 0 Å². The van der Waals surface area contributed by atoms with Gasteiger partial charge < -0.3 is 10.8 Å². The van der Waals surface area contributed by atoms with Gasteiger partial charge in [-0.2, -0.15) is 6.92 Å². The molecular formula is C7H9OY+2. The molecule has 0 N–H and O–H groups in total. The quantitative estimate of drug-likeness (QED) is 0.662. The van der Waals surface area contributed by atoms with E-state index in [1.807, 2.05) is 19.1 Å². The van der Waals surface area contributed by atoms with Crippen molar-refractivity contribution >= 4 is 0 Å². The predicted octanol–water partition coefficient (Wildman–Crippen LogP) is 2.04. The van der Waals surface area contributed by atoms with E-state index in [1.54, 1.807) is 6.26 Å². The Balaban J connectivity index is 0.000000640. The maximum atomic E-state index is 5.04. The molecule has 44 valence electrons. The Morgan fingerprint density at radius 3 is 2.89 bits per heavy atom. The van der Waals surface area contributed by atoms with Crippen molar-refractivity contribution in [2.75, 3.05) is 0 Å². The average molecular weight is 198 g/mol. The van der Waals surface area contributed by atoms with Gasteiger partial charge in [0, 0.05) is 0 Å². The summed E-state index contributed by atoms with van der Waals surface area (Å²) in [5.74, 6) is 1.03. The molecule has 0 aliphatic rings. The van der Waals surface area contributed by atoms with E-state index in [4.69, 9.17) is 4.42 Å². The zero-order valence-corrected chi connectivity index (χ0v) is 8.34. The maximum Gasteiger partial charge on any atom is 3.00 e. The molecular weight excluding hydrogens is 189 g/mol. The molecule has 1 aromatic heterocycles. The summed E-state index contributed by atoms with van der Waals surface area (Å²) in [4.78, 5) is 0. The molecule has 9 heavy (non-hydrogen) atoms. The van der Waals surface area contributed by atoms with Gasteiger partial charge in [-0.1, -0.05) is 0 Å². The first kappa shape index (κ1) is 9.38. The van der Waals surface area contributed by atoms with Crippen LogP contribution in [0.5, 0.6) is 0 Å². The Kier molecular flexibility index (Phi) is 5.41. The van der Waals surface area contributed by atoms with Crippen molar-refractivity contribution in [3.05, 3.63) is 30.6 Å². The van der Waals surface area contributed by atoms with Crippen molar-refractivity contribution in [1.29, 1.82) is 0 Å². The number of hydrogen-bond donors (Lipinski definition) is 0. The van der Waals surface area contributed by atoms with Gasteiger partial charge >= 0.3 is 32.7 Å². The number of rotatable bonds is 2. The minimum absolute atomic E-state index is 0. The molecule has 0 unspecified atom stereocenters. The normalized spacial score (nSPS) is 8.56. The van der Waals surface area contributed by atoms with Crippen LogP contribution in [0.1, 0.15) is 12.7 Å². The minimum atomic E-state index is 0. The molecule has 0 saturated heterocycles. The molecule has 0 aromatic carbocycles. The Labute approximate surface area is 80.7 Å². The first-order valence-electron chi connectivity index (χ1n) is 2.73. The van der Waals surface area contributed by atoms with Crippen LogP contribution in [0.3, 0.4) is 0 Å². The van der Waals surface area contributed by atoms with Crippen LogP contribution in [0.25, 0.3) is 0 Å². The van der Waals surface area contributed by atoms with Gasteiger partial charge in [0.15, 0.2) is 0 Å². The molecule has 1 rings (SSSR count). The van der Waals surface area contributed by atoms with Gasteiger partial charge in [0.25, 0.3) is 0 Å². The van der Waals surface area contributed by atoms with Crippen LogP contribution in [0, 0.1) is 6.42 Å². The summed E-state index contributed by atoms with van der Waals surface area (Å²) < 4.78 is 5.04. The Morgan fingerprint density at radius 2 is 2.44 bits per heavy atom. The SMILES string of the molecule is C[CH-]Cc1ccco1.[Y+3]. The van der Waals surface area contributed by atoms with E-state index in [1.165, 1.54) is 0 Å². The largest absolute Gasteiger partial charge is 3.00 e. The van der Waals surface area contributed by atoms with Gasteiger partial charge in [-0.15, -0.1) is 6.42 Å². The molecule has 0 bridgehead atoms. The van der Waals surface area contributed by atoms with Crippen LogP contribution in [0.15, 0.2) is 22.8 Å². The van der Waals surface area contributed by atoms with E-state index in [2.05, 4.69) is 6.42 Å². The number of furan rings is 1. The Hall–Kier alpha value is 0.384. The van der Waals surface area contributed by atoms with Crippen LogP contribution in [0.4, 0.5) is 0 Å².